The summed E-state index contributed by atoms with van der Waals surface area (Å²) in [5.74, 6) is 1.13. The van der Waals surface area contributed by atoms with Crippen LogP contribution in [0.5, 0.6) is 0 Å². The molecule has 0 bridgehead atoms. The van der Waals surface area contributed by atoms with Crippen LogP contribution in [0.25, 0.3) is 23.0 Å². The van der Waals surface area contributed by atoms with Crippen molar-refractivity contribution in [2.75, 3.05) is 11.9 Å². The average Bonchev–Trinajstić information content (AvgIpc) is 3.17. The van der Waals surface area contributed by atoms with Gasteiger partial charge in [-0.1, -0.05) is 47.5 Å². The standard InChI is InChI=1S/C20H13Cl2NO2/c1-23-17-8-3-2-5-13(17)15(20(23)24)11-12-9-10-18(25-12)14-6-4-7-16(21)19(14)22/h2-11H,1H3. The highest BCUT2D eigenvalue weighted by molar-refractivity contribution is 6.43. The van der Waals surface area contributed by atoms with Crippen LogP contribution in [-0.4, -0.2) is 13.0 Å². The molecule has 1 amide bonds. The fraction of sp³-hybridized carbons (Fsp3) is 0.0500. The minimum Gasteiger partial charge on any atom is -0.457 e. The predicted octanol–water partition coefficient (Wildman–Crippen LogP) is 5.77. The maximum absolute atomic E-state index is 12.5. The Hall–Kier alpha value is -2.49. The van der Waals surface area contributed by atoms with Gasteiger partial charge in [0.05, 0.1) is 21.3 Å². The molecule has 2 heterocycles. The van der Waals surface area contributed by atoms with Crippen LogP contribution in [0.1, 0.15) is 11.3 Å². The lowest BCUT2D eigenvalue weighted by atomic mass is 10.1. The summed E-state index contributed by atoms with van der Waals surface area (Å²) in [4.78, 5) is 14.2. The summed E-state index contributed by atoms with van der Waals surface area (Å²) in [6, 6.07) is 16.7. The normalized spacial score (nSPS) is 15.1. The maximum Gasteiger partial charge on any atom is 0.258 e. The maximum atomic E-state index is 12.5. The van der Waals surface area contributed by atoms with E-state index < -0.39 is 0 Å². The predicted molar refractivity (Wildman–Crippen MR) is 102 cm³/mol. The van der Waals surface area contributed by atoms with Crippen molar-refractivity contribution < 1.29 is 9.21 Å². The lowest BCUT2D eigenvalue weighted by molar-refractivity contribution is -0.112. The number of halogens is 2. The first-order valence-corrected chi connectivity index (χ1v) is 8.45. The number of fused-ring (bicyclic) bond motifs is 1. The highest BCUT2D eigenvalue weighted by Crippen LogP contribution is 2.38. The van der Waals surface area contributed by atoms with E-state index in [2.05, 4.69) is 0 Å². The van der Waals surface area contributed by atoms with Crippen molar-refractivity contribution in [3.05, 3.63) is 76.0 Å². The van der Waals surface area contributed by atoms with Crippen LogP contribution in [0, 0.1) is 0 Å². The lowest BCUT2D eigenvalue weighted by Crippen LogP contribution is -2.20. The zero-order valence-corrected chi connectivity index (χ0v) is 14.8. The summed E-state index contributed by atoms with van der Waals surface area (Å²) in [5, 5.41) is 0.914. The summed E-state index contributed by atoms with van der Waals surface area (Å²) in [6.07, 6.45) is 1.76. The number of carbonyl (C=O) groups is 1. The first-order chi connectivity index (χ1) is 12.1. The van der Waals surface area contributed by atoms with Gasteiger partial charge in [-0.15, -0.1) is 0 Å². The molecule has 1 aliphatic rings. The highest BCUT2D eigenvalue weighted by atomic mass is 35.5. The largest absolute Gasteiger partial charge is 0.457 e. The number of anilines is 1. The van der Waals surface area contributed by atoms with Gasteiger partial charge in [-0.2, -0.15) is 0 Å². The number of para-hydroxylation sites is 1. The molecule has 3 aromatic rings. The van der Waals surface area contributed by atoms with Crippen molar-refractivity contribution in [3.63, 3.8) is 0 Å². The van der Waals surface area contributed by atoms with E-state index >= 15 is 0 Å². The molecule has 0 spiro atoms. The fourth-order valence-corrected chi connectivity index (χ4v) is 3.34. The lowest BCUT2D eigenvalue weighted by Gasteiger charge is -2.07. The highest BCUT2D eigenvalue weighted by Gasteiger charge is 2.29. The third kappa shape index (κ3) is 2.66. The molecule has 0 N–H and O–H groups in total. The molecule has 0 aliphatic carbocycles. The van der Waals surface area contributed by atoms with Gasteiger partial charge in [0.2, 0.25) is 0 Å². The smallest absolute Gasteiger partial charge is 0.258 e. The topological polar surface area (TPSA) is 33.5 Å². The van der Waals surface area contributed by atoms with E-state index in [-0.39, 0.29) is 5.91 Å². The monoisotopic (exact) mass is 369 g/mol. The van der Waals surface area contributed by atoms with Crippen molar-refractivity contribution in [3.8, 4) is 11.3 Å². The first kappa shape index (κ1) is 16.0. The van der Waals surface area contributed by atoms with Gasteiger partial charge in [0.15, 0.2) is 0 Å². The molecule has 0 radical (unpaired) electrons. The molecule has 3 nitrogen and oxygen atoms in total. The van der Waals surface area contributed by atoms with Gasteiger partial charge in [0, 0.05) is 18.2 Å². The third-order valence-corrected chi connectivity index (χ3v) is 5.04. The Labute approximate surface area is 155 Å². The van der Waals surface area contributed by atoms with Gasteiger partial charge >= 0.3 is 0 Å². The van der Waals surface area contributed by atoms with Crippen molar-refractivity contribution >= 4 is 46.4 Å². The molecule has 25 heavy (non-hydrogen) atoms. The van der Waals surface area contributed by atoms with Gasteiger partial charge in [0.1, 0.15) is 11.5 Å². The summed E-state index contributed by atoms with van der Waals surface area (Å²) >= 11 is 12.3. The number of furan rings is 1. The van der Waals surface area contributed by atoms with Crippen LogP contribution in [0.2, 0.25) is 10.0 Å². The quantitative estimate of drug-likeness (QED) is 0.537. The van der Waals surface area contributed by atoms with Crippen LogP contribution in [-0.2, 0) is 4.79 Å². The van der Waals surface area contributed by atoms with Gasteiger partial charge in [-0.05, 0) is 36.4 Å². The van der Waals surface area contributed by atoms with Crippen LogP contribution in [0.3, 0.4) is 0 Å². The molecule has 5 heteroatoms. The van der Waals surface area contributed by atoms with E-state index in [0.717, 1.165) is 11.3 Å². The van der Waals surface area contributed by atoms with Gasteiger partial charge in [0.25, 0.3) is 5.91 Å². The zero-order valence-electron chi connectivity index (χ0n) is 13.3. The number of amides is 1. The second-order valence-corrected chi connectivity index (χ2v) is 6.53. The molecular formula is C20H13Cl2NO2. The number of rotatable bonds is 2. The van der Waals surface area contributed by atoms with E-state index in [0.29, 0.717) is 32.7 Å². The van der Waals surface area contributed by atoms with Gasteiger partial charge < -0.3 is 9.32 Å². The molecule has 1 aromatic heterocycles. The number of carbonyl (C=O) groups excluding carboxylic acids is 1. The Kier molecular flexibility index (Phi) is 3.91. The third-order valence-electron chi connectivity index (χ3n) is 4.22. The summed E-state index contributed by atoms with van der Waals surface area (Å²) < 4.78 is 5.88. The number of benzene rings is 2. The van der Waals surface area contributed by atoms with Crippen molar-refractivity contribution in [2.45, 2.75) is 0 Å². The Balaban J connectivity index is 1.76. The van der Waals surface area contributed by atoms with Crippen LogP contribution < -0.4 is 4.90 Å². The van der Waals surface area contributed by atoms with Gasteiger partial charge in [-0.25, -0.2) is 0 Å². The number of likely N-dealkylation sites (N-methyl/N-ethyl adjacent to an activating group) is 1. The summed E-state index contributed by atoms with van der Waals surface area (Å²) in [5.41, 5.74) is 3.11. The number of nitrogens with zero attached hydrogens (tertiary/aromatic N) is 1. The van der Waals surface area contributed by atoms with E-state index in [4.69, 9.17) is 27.6 Å². The van der Waals surface area contributed by atoms with Crippen LogP contribution >= 0.6 is 23.2 Å². The van der Waals surface area contributed by atoms with Crippen molar-refractivity contribution in [2.24, 2.45) is 0 Å². The molecular weight excluding hydrogens is 357 g/mol. The van der Waals surface area contributed by atoms with E-state index in [1.54, 1.807) is 24.1 Å². The fourth-order valence-electron chi connectivity index (χ4n) is 2.95. The number of hydrogen-bond donors (Lipinski definition) is 0. The molecule has 0 fully saturated rings. The molecule has 2 aromatic carbocycles. The minimum atomic E-state index is -0.0556. The molecule has 0 unspecified atom stereocenters. The first-order valence-electron chi connectivity index (χ1n) is 7.69. The molecule has 0 saturated heterocycles. The summed E-state index contributed by atoms with van der Waals surface area (Å²) in [6.45, 7) is 0. The van der Waals surface area contributed by atoms with Gasteiger partial charge in [-0.3, -0.25) is 4.79 Å². The van der Waals surface area contributed by atoms with E-state index in [9.17, 15) is 4.79 Å². The second kappa shape index (κ2) is 6.10. The SMILES string of the molecule is CN1C(=O)C(=Cc2ccc(-c3cccc(Cl)c3Cl)o2)c2ccccc21. The zero-order chi connectivity index (χ0) is 17.6. The summed E-state index contributed by atoms with van der Waals surface area (Å²) in [7, 11) is 1.77. The molecule has 124 valence electrons. The second-order valence-electron chi connectivity index (χ2n) is 5.74. The Morgan fingerprint density at radius 3 is 2.56 bits per heavy atom. The number of hydrogen-bond acceptors (Lipinski definition) is 2. The Morgan fingerprint density at radius 1 is 0.960 bits per heavy atom. The van der Waals surface area contributed by atoms with Crippen LogP contribution in [0.15, 0.2) is 59.0 Å². The molecule has 0 saturated carbocycles. The Bertz CT molecular complexity index is 1020. The minimum absolute atomic E-state index is 0.0556. The molecule has 1 aliphatic heterocycles. The van der Waals surface area contributed by atoms with Crippen molar-refractivity contribution in [1.29, 1.82) is 0 Å². The molecule has 0 atom stereocenters. The average molecular weight is 370 g/mol. The Morgan fingerprint density at radius 2 is 1.72 bits per heavy atom. The van der Waals surface area contributed by atoms with E-state index in [1.807, 2.05) is 48.5 Å². The molecule has 4 rings (SSSR count). The van der Waals surface area contributed by atoms with Crippen LogP contribution in [0.4, 0.5) is 5.69 Å². The van der Waals surface area contributed by atoms with Crippen molar-refractivity contribution in [1.82, 2.24) is 0 Å². The van der Waals surface area contributed by atoms with E-state index in [1.165, 1.54) is 0 Å².